The number of amidine groups is 1. The maximum absolute atomic E-state index is 13.6. The Bertz CT molecular complexity index is 557. The lowest BCUT2D eigenvalue weighted by Gasteiger charge is -2.16. The van der Waals surface area contributed by atoms with Crippen LogP contribution in [0.25, 0.3) is 0 Å². The first-order chi connectivity index (χ1) is 10.9. The first kappa shape index (κ1) is 17.7. The molecule has 0 amide bonds. The second-order valence-electron chi connectivity index (χ2n) is 6.87. The summed E-state index contributed by atoms with van der Waals surface area (Å²) in [7, 11) is 0. The zero-order valence-corrected chi connectivity index (χ0v) is 14.7. The molecule has 128 valence electrons. The van der Waals surface area contributed by atoms with Crippen molar-refractivity contribution in [3.63, 3.8) is 0 Å². The van der Waals surface area contributed by atoms with Crippen LogP contribution in [0.2, 0.25) is 0 Å². The molecule has 0 spiro atoms. The van der Waals surface area contributed by atoms with Gasteiger partial charge in [0, 0.05) is 25.4 Å². The fourth-order valence-electron chi connectivity index (χ4n) is 3.15. The molecule has 0 bridgehead atoms. The van der Waals surface area contributed by atoms with Gasteiger partial charge in [-0.05, 0) is 43.4 Å². The number of hydrogen-bond donors (Lipinski definition) is 2. The average molecular weight is 320 g/mol. The summed E-state index contributed by atoms with van der Waals surface area (Å²) < 4.78 is 13.6. The first-order valence-corrected chi connectivity index (χ1v) is 8.59. The molecule has 0 saturated carbocycles. The highest BCUT2D eigenvalue weighted by Crippen LogP contribution is 2.29. The Balaban J connectivity index is 2.26. The zero-order valence-electron chi connectivity index (χ0n) is 14.7. The van der Waals surface area contributed by atoms with E-state index in [1.54, 1.807) is 0 Å². The number of nitrogens with one attached hydrogen (secondary N) is 1. The Morgan fingerprint density at radius 2 is 2.22 bits per heavy atom. The predicted molar refractivity (Wildman–Crippen MR) is 95.8 cm³/mol. The Hall–Kier alpha value is -1.65. The Morgan fingerprint density at radius 3 is 2.87 bits per heavy atom. The molecule has 1 heterocycles. The van der Waals surface area contributed by atoms with Gasteiger partial charge in [0.2, 0.25) is 0 Å². The molecule has 23 heavy (non-hydrogen) atoms. The van der Waals surface area contributed by atoms with Crippen molar-refractivity contribution in [3.8, 4) is 0 Å². The summed E-state index contributed by atoms with van der Waals surface area (Å²) in [6.45, 7) is 9.37. The van der Waals surface area contributed by atoms with Gasteiger partial charge in [-0.2, -0.15) is 0 Å². The van der Waals surface area contributed by atoms with E-state index in [-0.39, 0.29) is 12.6 Å². The largest absolute Gasteiger partial charge is 0.397 e. The number of halogens is 1. The van der Waals surface area contributed by atoms with Gasteiger partial charge in [-0.1, -0.05) is 13.8 Å². The quantitative estimate of drug-likeness (QED) is 0.817. The van der Waals surface area contributed by atoms with Crippen LogP contribution in [-0.2, 0) is 0 Å². The second-order valence-corrected chi connectivity index (χ2v) is 6.87. The summed E-state index contributed by atoms with van der Waals surface area (Å²) in [6.07, 6.45) is 3.27. The summed E-state index contributed by atoms with van der Waals surface area (Å²) in [5.41, 5.74) is 10.2. The van der Waals surface area contributed by atoms with Crippen LogP contribution in [-0.4, -0.2) is 36.9 Å². The minimum atomic E-state index is -0.861. The Kier molecular flexibility index (Phi) is 5.97. The highest BCUT2D eigenvalue weighted by molar-refractivity contribution is 6.16. The predicted octanol–water partition coefficient (Wildman–Crippen LogP) is 3.15. The minimum Gasteiger partial charge on any atom is -0.397 e. The van der Waals surface area contributed by atoms with Gasteiger partial charge in [-0.25, -0.2) is 4.39 Å². The van der Waals surface area contributed by atoms with Crippen molar-refractivity contribution >= 4 is 11.5 Å². The van der Waals surface area contributed by atoms with Crippen LogP contribution >= 0.6 is 0 Å². The Labute approximate surface area is 138 Å². The van der Waals surface area contributed by atoms with Crippen LogP contribution in [0.15, 0.2) is 32.9 Å². The molecule has 1 aliphatic heterocycles. The molecule has 3 N–H and O–H groups in total. The number of allylic oxidation sites excluding steroid dienone is 2. The third-order valence-corrected chi connectivity index (χ3v) is 4.07. The van der Waals surface area contributed by atoms with Crippen molar-refractivity contribution in [1.29, 1.82) is 0 Å². The van der Waals surface area contributed by atoms with Gasteiger partial charge in [-0.3, -0.25) is 9.98 Å². The van der Waals surface area contributed by atoms with Gasteiger partial charge in [0.1, 0.15) is 12.0 Å². The SMILES string of the molecule is CCN=C1C(N)=CC(CC2=NCC(F)C[C@H](C)N2)=C1CC(C)C. The van der Waals surface area contributed by atoms with E-state index in [0.29, 0.717) is 18.8 Å². The topological polar surface area (TPSA) is 62.8 Å². The molecule has 0 radical (unpaired) electrons. The molecule has 0 aromatic heterocycles. The molecule has 0 aromatic carbocycles. The third kappa shape index (κ3) is 4.66. The standard InChI is InChI=1S/C18H29FN4/c1-5-21-18-15(6-11(2)3)13(8-16(18)20)9-17-22-10-14(19)7-12(4)23-17/h8,11-12,14H,5-7,9-10H2,1-4H3,(H2,20,21)(H,22,23)/t12-,14?/m0/s1. The van der Waals surface area contributed by atoms with Crippen molar-refractivity contribution in [1.82, 2.24) is 5.32 Å². The molecule has 2 rings (SSSR count). The van der Waals surface area contributed by atoms with Crippen LogP contribution in [0.4, 0.5) is 4.39 Å². The molecule has 1 unspecified atom stereocenters. The number of hydrogen-bond acceptors (Lipinski definition) is 4. The van der Waals surface area contributed by atoms with Gasteiger partial charge < -0.3 is 11.1 Å². The van der Waals surface area contributed by atoms with Crippen LogP contribution in [0.1, 0.15) is 47.0 Å². The van der Waals surface area contributed by atoms with Gasteiger partial charge in [0.25, 0.3) is 0 Å². The lowest BCUT2D eigenvalue weighted by atomic mass is 9.96. The highest BCUT2D eigenvalue weighted by Gasteiger charge is 2.24. The lowest BCUT2D eigenvalue weighted by molar-refractivity contribution is 0.308. The van der Waals surface area contributed by atoms with Crippen molar-refractivity contribution in [2.75, 3.05) is 13.1 Å². The number of nitrogens with zero attached hydrogens (tertiary/aromatic N) is 2. The highest BCUT2D eigenvalue weighted by atomic mass is 19.1. The zero-order chi connectivity index (χ0) is 17.0. The number of aliphatic imine (C=N–C) groups is 2. The van der Waals surface area contributed by atoms with E-state index >= 15 is 0 Å². The molecular formula is C18H29FN4. The summed E-state index contributed by atoms with van der Waals surface area (Å²) in [5.74, 6) is 1.38. The molecule has 0 saturated heterocycles. The van der Waals surface area contributed by atoms with Crippen LogP contribution in [0.5, 0.6) is 0 Å². The molecular weight excluding hydrogens is 291 g/mol. The van der Waals surface area contributed by atoms with E-state index in [0.717, 1.165) is 30.2 Å². The minimum absolute atomic E-state index is 0.104. The molecule has 4 nitrogen and oxygen atoms in total. The van der Waals surface area contributed by atoms with Gasteiger partial charge in [-0.15, -0.1) is 0 Å². The average Bonchev–Trinajstić information content (AvgIpc) is 2.63. The summed E-state index contributed by atoms with van der Waals surface area (Å²) in [6, 6.07) is 0.104. The van der Waals surface area contributed by atoms with Gasteiger partial charge in [0.15, 0.2) is 0 Å². The van der Waals surface area contributed by atoms with Gasteiger partial charge >= 0.3 is 0 Å². The maximum atomic E-state index is 13.6. The van der Waals surface area contributed by atoms with Crippen molar-refractivity contribution < 1.29 is 4.39 Å². The fraction of sp³-hybridized carbons (Fsp3) is 0.667. The van der Waals surface area contributed by atoms with E-state index in [2.05, 4.69) is 29.1 Å². The van der Waals surface area contributed by atoms with E-state index in [1.807, 2.05) is 19.9 Å². The summed E-state index contributed by atoms with van der Waals surface area (Å²) in [4.78, 5) is 8.99. The maximum Gasteiger partial charge on any atom is 0.122 e. The third-order valence-electron chi connectivity index (χ3n) is 4.07. The van der Waals surface area contributed by atoms with Crippen LogP contribution < -0.4 is 11.1 Å². The van der Waals surface area contributed by atoms with Crippen molar-refractivity contribution in [2.45, 2.75) is 59.2 Å². The molecule has 2 aliphatic rings. The molecule has 0 fully saturated rings. The molecule has 2 atom stereocenters. The van der Waals surface area contributed by atoms with Crippen LogP contribution in [0, 0.1) is 5.92 Å². The number of rotatable bonds is 5. The second kappa shape index (κ2) is 7.75. The van der Waals surface area contributed by atoms with Gasteiger partial charge in [0.05, 0.1) is 18.0 Å². The number of alkyl halides is 1. The Morgan fingerprint density at radius 1 is 1.48 bits per heavy atom. The van der Waals surface area contributed by atoms with Crippen molar-refractivity contribution in [2.24, 2.45) is 21.6 Å². The molecule has 5 heteroatoms. The van der Waals surface area contributed by atoms with E-state index in [4.69, 9.17) is 5.73 Å². The molecule has 1 aliphatic carbocycles. The van der Waals surface area contributed by atoms with E-state index < -0.39 is 6.17 Å². The lowest BCUT2D eigenvalue weighted by Crippen LogP contribution is -2.32. The van der Waals surface area contributed by atoms with Crippen molar-refractivity contribution in [3.05, 3.63) is 22.9 Å². The van der Waals surface area contributed by atoms with Crippen LogP contribution in [0.3, 0.4) is 0 Å². The summed E-state index contributed by atoms with van der Waals surface area (Å²) >= 11 is 0. The normalized spacial score (nSPS) is 27.1. The monoisotopic (exact) mass is 320 g/mol. The first-order valence-electron chi connectivity index (χ1n) is 8.59. The van der Waals surface area contributed by atoms with E-state index in [1.165, 1.54) is 11.1 Å². The molecule has 0 aromatic rings. The van der Waals surface area contributed by atoms with E-state index in [9.17, 15) is 4.39 Å². The number of nitrogens with two attached hydrogens (primary N) is 1. The summed E-state index contributed by atoms with van der Waals surface area (Å²) in [5, 5.41) is 3.34. The smallest absolute Gasteiger partial charge is 0.122 e. The fourth-order valence-corrected chi connectivity index (χ4v) is 3.15.